The summed E-state index contributed by atoms with van der Waals surface area (Å²) in [6.07, 6.45) is 3.67. The second-order valence-electron chi connectivity index (χ2n) is 2.96. The van der Waals surface area contributed by atoms with E-state index < -0.39 is 0 Å². The molecule has 1 aliphatic carbocycles. The van der Waals surface area contributed by atoms with Crippen LogP contribution < -0.4 is 5.32 Å². The van der Waals surface area contributed by atoms with Gasteiger partial charge in [0, 0.05) is 17.6 Å². The molecule has 1 amide bonds. The van der Waals surface area contributed by atoms with Crippen molar-refractivity contribution in [1.82, 2.24) is 10.3 Å². The molecule has 0 aromatic carbocycles. The SMILES string of the molecule is N=C(C(=O)NC1CC1)c1nccs1. The zero-order valence-electron chi connectivity index (χ0n) is 6.91. The Morgan fingerprint density at radius 3 is 3.00 bits per heavy atom. The van der Waals surface area contributed by atoms with Crippen molar-refractivity contribution in [3.63, 3.8) is 0 Å². The molecule has 0 atom stereocenters. The molecule has 0 saturated heterocycles. The van der Waals surface area contributed by atoms with E-state index in [1.165, 1.54) is 11.3 Å². The quantitative estimate of drug-likeness (QED) is 0.700. The lowest BCUT2D eigenvalue weighted by Gasteiger charge is -2.00. The summed E-state index contributed by atoms with van der Waals surface area (Å²) in [7, 11) is 0. The van der Waals surface area contributed by atoms with E-state index in [0.717, 1.165) is 12.8 Å². The molecule has 0 radical (unpaired) electrons. The van der Waals surface area contributed by atoms with Gasteiger partial charge in [-0.3, -0.25) is 10.2 Å². The molecule has 0 unspecified atom stereocenters. The van der Waals surface area contributed by atoms with Crippen molar-refractivity contribution in [3.05, 3.63) is 16.6 Å². The van der Waals surface area contributed by atoms with E-state index >= 15 is 0 Å². The molecule has 1 aromatic rings. The van der Waals surface area contributed by atoms with E-state index in [9.17, 15) is 4.79 Å². The van der Waals surface area contributed by atoms with Gasteiger partial charge in [-0.25, -0.2) is 4.98 Å². The number of nitrogens with zero attached hydrogens (tertiary/aromatic N) is 1. The van der Waals surface area contributed by atoms with Crippen LogP contribution in [0.25, 0.3) is 0 Å². The predicted octanol–water partition coefficient (Wildman–Crippen LogP) is 0.790. The molecule has 5 heteroatoms. The first-order chi connectivity index (χ1) is 6.27. The first-order valence-electron chi connectivity index (χ1n) is 4.06. The molecule has 13 heavy (non-hydrogen) atoms. The molecule has 1 heterocycles. The zero-order chi connectivity index (χ0) is 9.26. The molecule has 4 nitrogen and oxygen atoms in total. The molecule has 1 fully saturated rings. The van der Waals surface area contributed by atoms with Crippen LogP contribution in [0.1, 0.15) is 17.8 Å². The summed E-state index contributed by atoms with van der Waals surface area (Å²) in [5.74, 6) is -0.308. The second-order valence-corrected chi connectivity index (χ2v) is 3.85. The highest BCUT2D eigenvalue weighted by atomic mass is 32.1. The third-order valence-electron chi connectivity index (χ3n) is 1.79. The Morgan fingerprint density at radius 2 is 2.46 bits per heavy atom. The number of carbonyl (C=O) groups excluding carboxylic acids is 1. The predicted molar refractivity (Wildman–Crippen MR) is 50.1 cm³/mol. The lowest BCUT2D eigenvalue weighted by atomic mass is 10.3. The maximum absolute atomic E-state index is 11.3. The van der Waals surface area contributed by atoms with E-state index in [-0.39, 0.29) is 11.6 Å². The highest BCUT2D eigenvalue weighted by Crippen LogP contribution is 2.18. The van der Waals surface area contributed by atoms with E-state index in [2.05, 4.69) is 10.3 Å². The fourth-order valence-corrected chi connectivity index (χ4v) is 1.51. The first kappa shape index (κ1) is 8.37. The average molecular weight is 195 g/mol. The monoisotopic (exact) mass is 195 g/mol. The molecule has 0 spiro atoms. The molecular weight excluding hydrogens is 186 g/mol. The van der Waals surface area contributed by atoms with Gasteiger partial charge in [0.05, 0.1) is 0 Å². The molecule has 1 aromatic heterocycles. The number of rotatable bonds is 3. The van der Waals surface area contributed by atoms with Crippen LogP contribution in [0.4, 0.5) is 0 Å². The minimum absolute atomic E-state index is 0.0260. The van der Waals surface area contributed by atoms with Gasteiger partial charge in [0.15, 0.2) is 5.71 Å². The number of amides is 1. The summed E-state index contributed by atoms with van der Waals surface area (Å²) in [4.78, 5) is 15.2. The lowest BCUT2D eigenvalue weighted by molar-refractivity contribution is -0.114. The fourth-order valence-electron chi connectivity index (χ4n) is 0.929. The number of thiazole rings is 1. The second kappa shape index (κ2) is 3.26. The van der Waals surface area contributed by atoms with Crippen LogP contribution in [-0.4, -0.2) is 22.6 Å². The van der Waals surface area contributed by atoms with Gasteiger partial charge in [0.2, 0.25) is 0 Å². The van der Waals surface area contributed by atoms with Crippen LogP contribution in [0.5, 0.6) is 0 Å². The Kier molecular flexibility index (Phi) is 2.10. The highest BCUT2D eigenvalue weighted by molar-refractivity contribution is 7.12. The summed E-state index contributed by atoms with van der Waals surface area (Å²) < 4.78 is 0. The van der Waals surface area contributed by atoms with Gasteiger partial charge in [-0.15, -0.1) is 11.3 Å². The Labute approximate surface area is 79.5 Å². The van der Waals surface area contributed by atoms with Crippen molar-refractivity contribution < 1.29 is 4.79 Å². The molecule has 1 aliphatic rings. The normalized spacial score (nSPS) is 15.4. The standard InChI is InChI=1S/C8H9N3OS/c9-6(8-10-3-4-13-8)7(12)11-5-1-2-5/h3-5,9H,1-2H2,(H,11,12). The van der Waals surface area contributed by atoms with E-state index in [0.29, 0.717) is 11.0 Å². The molecule has 2 N–H and O–H groups in total. The average Bonchev–Trinajstić information content (AvgIpc) is 2.78. The van der Waals surface area contributed by atoms with Gasteiger partial charge in [-0.05, 0) is 12.8 Å². The number of hydrogen-bond donors (Lipinski definition) is 2. The van der Waals surface area contributed by atoms with Crippen molar-refractivity contribution in [3.8, 4) is 0 Å². The smallest absolute Gasteiger partial charge is 0.272 e. The van der Waals surface area contributed by atoms with Gasteiger partial charge in [-0.1, -0.05) is 0 Å². The van der Waals surface area contributed by atoms with E-state index in [1.54, 1.807) is 11.6 Å². The molecule has 68 valence electrons. The van der Waals surface area contributed by atoms with Crippen LogP contribution in [0, 0.1) is 5.41 Å². The topological polar surface area (TPSA) is 65.8 Å². The van der Waals surface area contributed by atoms with Crippen LogP contribution in [0.3, 0.4) is 0 Å². The molecule has 0 aliphatic heterocycles. The maximum atomic E-state index is 11.3. The Hall–Kier alpha value is -1.23. The molecule has 0 bridgehead atoms. The van der Waals surface area contributed by atoms with Gasteiger partial charge in [0.25, 0.3) is 5.91 Å². The van der Waals surface area contributed by atoms with Gasteiger partial charge in [0.1, 0.15) is 5.01 Å². The van der Waals surface area contributed by atoms with Crippen molar-refractivity contribution >= 4 is 23.0 Å². The molecule has 1 saturated carbocycles. The third-order valence-corrected chi connectivity index (χ3v) is 2.58. The summed E-state index contributed by atoms with van der Waals surface area (Å²) in [6.45, 7) is 0. The highest BCUT2D eigenvalue weighted by Gasteiger charge is 2.25. The van der Waals surface area contributed by atoms with Crippen molar-refractivity contribution in [2.24, 2.45) is 0 Å². The summed E-state index contributed by atoms with van der Waals surface area (Å²) >= 11 is 1.31. The lowest BCUT2D eigenvalue weighted by Crippen LogP contribution is -2.32. The largest absolute Gasteiger partial charge is 0.348 e. The first-order valence-corrected chi connectivity index (χ1v) is 4.94. The van der Waals surface area contributed by atoms with Gasteiger partial charge >= 0.3 is 0 Å². The Balaban J connectivity index is 1.99. The van der Waals surface area contributed by atoms with Crippen molar-refractivity contribution in [1.29, 1.82) is 5.41 Å². The Bertz CT molecular complexity index is 329. The van der Waals surface area contributed by atoms with E-state index in [1.807, 2.05) is 0 Å². The van der Waals surface area contributed by atoms with Crippen LogP contribution in [-0.2, 0) is 4.79 Å². The van der Waals surface area contributed by atoms with Crippen LogP contribution >= 0.6 is 11.3 Å². The maximum Gasteiger partial charge on any atom is 0.272 e. The minimum Gasteiger partial charge on any atom is -0.348 e. The van der Waals surface area contributed by atoms with Gasteiger partial charge < -0.3 is 5.32 Å². The summed E-state index contributed by atoms with van der Waals surface area (Å²) in [5, 5.41) is 12.5. The molecule has 2 rings (SSSR count). The van der Waals surface area contributed by atoms with Crippen molar-refractivity contribution in [2.45, 2.75) is 18.9 Å². The Morgan fingerprint density at radius 1 is 1.69 bits per heavy atom. The number of carbonyl (C=O) groups is 1. The summed E-state index contributed by atoms with van der Waals surface area (Å²) in [5.41, 5.74) is -0.0260. The number of aromatic nitrogens is 1. The van der Waals surface area contributed by atoms with Crippen molar-refractivity contribution in [2.75, 3.05) is 0 Å². The van der Waals surface area contributed by atoms with Gasteiger partial charge in [-0.2, -0.15) is 0 Å². The van der Waals surface area contributed by atoms with E-state index in [4.69, 9.17) is 5.41 Å². The minimum atomic E-state index is -0.308. The zero-order valence-corrected chi connectivity index (χ0v) is 7.73. The summed E-state index contributed by atoms with van der Waals surface area (Å²) in [6, 6.07) is 0.299. The third kappa shape index (κ3) is 1.92. The number of nitrogens with one attached hydrogen (secondary N) is 2. The fraction of sp³-hybridized carbons (Fsp3) is 0.375. The number of hydrogen-bond acceptors (Lipinski definition) is 4. The van der Waals surface area contributed by atoms with Crippen LogP contribution in [0.15, 0.2) is 11.6 Å². The molecular formula is C8H9N3OS. The van der Waals surface area contributed by atoms with Crippen LogP contribution in [0.2, 0.25) is 0 Å².